The molecular formula is C34H39N3O4. The normalized spacial score (nSPS) is 12.3. The Bertz CT molecular complexity index is 1660. The zero-order valence-corrected chi connectivity index (χ0v) is 25.1. The van der Waals surface area contributed by atoms with Gasteiger partial charge in [0.15, 0.2) is 5.78 Å². The van der Waals surface area contributed by atoms with Crippen LogP contribution in [0.2, 0.25) is 0 Å². The second-order valence-corrected chi connectivity index (χ2v) is 11.2. The van der Waals surface area contributed by atoms with Crippen LogP contribution >= 0.6 is 0 Å². The van der Waals surface area contributed by atoms with Gasteiger partial charge < -0.3 is 9.40 Å². The topological polar surface area (TPSA) is 81.0 Å². The van der Waals surface area contributed by atoms with E-state index in [4.69, 9.17) is 4.84 Å². The quantitative estimate of drug-likeness (QED) is 0.0867. The summed E-state index contributed by atoms with van der Waals surface area (Å²) >= 11 is 0. The maximum atomic E-state index is 13.7. The number of carbonyl (C=O) groups excluding carboxylic acids is 3. The van der Waals surface area contributed by atoms with Crippen molar-refractivity contribution in [2.45, 2.75) is 66.0 Å². The van der Waals surface area contributed by atoms with Gasteiger partial charge in [-0.2, -0.15) is 0 Å². The molecule has 0 bridgehead atoms. The largest absolute Gasteiger partial charge is 0.354 e. The number of fused-ring (bicyclic) bond motifs is 3. The number of ketones is 2. The van der Waals surface area contributed by atoms with E-state index in [1.165, 1.54) is 0 Å². The van der Waals surface area contributed by atoms with E-state index in [0.29, 0.717) is 23.1 Å². The Morgan fingerprint density at radius 3 is 2.10 bits per heavy atom. The lowest BCUT2D eigenvalue weighted by atomic mass is 9.97. The van der Waals surface area contributed by atoms with E-state index in [1.807, 2.05) is 68.4 Å². The number of benzene rings is 3. The Hall–Kier alpha value is -4.10. The van der Waals surface area contributed by atoms with Crippen molar-refractivity contribution in [2.24, 2.45) is 5.16 Å². The highest BCUT2D eigenvalue weighted by Gasteiger charge is 2.32. The fourth-order valence-corrected chi connectivity index (χ4v) is 4.81. The van der Waals surface area contributed by atoms with Crippen LogP contribution in [-0.2, 0) is 16.2 Å². The van der Waals surface area contributed by atoms with Gasteiger partial charge >= 0.3 is 5.97 Å². The highest BCUT2D eigenvalue weighted by atomic mass is 16.7. The molecule has 4 aromatic rings. The minimum absolute atomic E-state index is 0.0360. The molecule has 0 aliphatic carbocycles. The van der Waals surface area contributed by atoms with Crippen LogP contribution in [0.3, 0.4) is 0 Å². The summed E-state index contributed by atoms with van der Waals surface area (Å²) in [6.07, 6.45) is 2.00. The SMILES string of the molecule is CCCCC(=NOC(=O)C(C)(C)N(C)C)C(=O)c1ccc2c(c1)c1cc(C(=O)c3ccccc3C)ccc1n2CC. The number of hydrogen-bond donors (Lipinski definition) is 0. The Kier molecular flexibility index (Phi) is 8.88. The third kappa shape index (κ3) is 5.86. The Morgan fingerprint density at radius 1 is 0.902 bits per heavy atom. The summed E-state index contributed by atoms with van der Waals surface area (Å²) in [5.41, 5.74) is 3.94. The van der Waals surface area contributed by atoms with E-state index in [9.17, 15) is 14.4 Å². The second kappa shape index (κ2) is 12.2. The molecule has 3 aromatic carbocycles. The third-order valence-corrected chi connectivity index (χ3v) is 7.98. The lowest BCUT2D eigenvalue weighted by Gasteiger charge is -2.28. The molecule has 0 saturated heterocycles. The number of aromatic nitrogens is 1. The summed E-state index contributed by atoms with van der Waals surface area (Å²) in [4.78, 5) is 46.8. The average molecular weight is 554 g/mol. The molecule has 7 heteroatoms. The first-order valence-electron chi connectivity index (χ1n) is 14.2. The van der Waals surface area contributed by atoms with Gasteiger partial charge in [0.25, 0.3) is 0 Å². The van der Waals surface area contributed by atoms with Crippen LogP contribution < -0.4 is 0 Å². The Morgan fingerprint density at radius 2 is 1.51 bits per heavy atom. The molecule has 0 unspecified atom stereocenters. The molecule has 0 fully saturated rings. The number of Topliss-reactive ketones (excluding diaryl/α,β-unsaturated/α-hetero) is 1. The van der Waals surface area contributed by atoms with Crippen molar-refractivity contribution in [1.29, 1.82) is 0 Å². The van der Waals surface area contributed by atoms with Crippen LogP contribution in [0.1, 0.15) is 78.8 Å². The smallest absolute Gasteiger partial charge is 0.341 e. The van der Waals surface area contributed by atoms with E-state index in [0.717, 1.165) is 46.8 Å². The molecule has 1 aromatic heterocycles. The van der Waals surface area contributed by atoms with Gasteiger partial charge in [-0.15, -0.1) is 0 Å². The molecule has 214 valence electrons. The highest BCUT2D eigenvalue weighted by molar-refractivity contribution is 6.46. The molecule has 0 N–H and O–H groups in total. The average Bonchev–Trinajstić information content (AvgIpc) is 3.28. The van der Waals surface area contributed by atoms with E-state index in [1.54, 1.807) is 38.9 Å². The Labute approximate surface area is 241 Å². The number of aryl methyl sites for hydroxylation is 2. The molecule has 41 heavy (non-hydrogen) atoms. The summed E-state index contributed by atoms with van der Waals surface area (Å²) in [7, 11) is 3.58. The van der Waals surface area contributed by atoms with E-state index >= 15 is 0 Å². The van der Waals surface area contributed by atoms with Crippen molar-refractivity contribution < 1.29 is 19.2 Å². The van der Waals surface area contributed by atoms with Gasteiger partial charge in [0.2, 0.25) is 5.78 Å². The summed E-state index contributed by atoms with van der Waals surface area (Å²) in [5, 5.41) is 5.86. The maximum Gasteiger partial charge on any atom is 0.354 e. The number of hydrogen-bond acceptors (Lipinski definition) is 6. The molecule has 0 atom stereocenters. The van der Waals surface area contributed by atoms with Crippen LogP contribution in [0.4, 0.5) is 0 Å². The number of unbranched alkanes of at least 4 members (excludes halogenated alkanes) is 1. The first-order chi connectivity index (χ1) is 19.5. The molecule has 0 radical (unpaired) electrons. The van der Waals surface area contributed by atoms with Crippen LogP contribution in [0, 0.1) is 6.92 Å². The van der Waals surface area contributed by atoms with E-state index < -0.39 is 11.5 Å². The van der Waals surface area contributed by atoms with Gasteiger partial charge in [0.05, 0.1) is 0 Å². The van der Waals surface area contributed by atoms with Gasteiger partial charge in [-0.3, -0.25) is 14.5 Å². The summed E-state index contributed by atoms with van der Waals surface area (Å²) in [6.45, 7) is 10.3. The lowest BCUT2D eigenvalue weighted by molar-refractivity contribution is -0.154. The first-order valence-corrected chi connectivity index (χ1v) is 14.2. The monoisotopic (exact) mass is 553 g/mol. The third-order valence-electron chi connectivity index (χ3n) is 7.98. The molecule has 7 nitrogen and oxygen atoms in total. The molecular weight excluding hydrogens is 514 g/mol. The van der Waals surface area contributed by atoms with Crippen LogP contribution in [0.5, 0.6) is 0 Å². The molecule has 4 rings (SSSR count). The van der Waals surface area contributed by atoms with E-state index in [2.05, 4.69) is 16.6 Å². The molecule has 0 aliphatic heterocycles. The zero-order chi connectivity index (χ0) is 29.9. The Balaban J connectivity index is 1.77. The van der Waals surface area contributed by atoms with Gasteiger partial charge in [-0.1, -0.05) is 42.8 Å². The number of oxime groups is 1. The molecule has 0 aliphatic rings. The van der Waals surface area contributed by atoms with Crippen molar-refractivity contribution in [3.8, 4) is 0 Å². The molecule has 0 saturated carbocycles. The fourth-order valence-electron chi connectivity index (χ4n) is 4.81. The molecule has 1 heterocycles. The number of rotatable bonds is 11. The van der Waals surface area contributed by atoms with Crippen molar-refractivity contribution >= 4 is 45.1 Å². The number of likely N-dealkylation sites (N-methyl/N-ethyl adjacent to an activating group) is 1. The van der Waals surface area contributed by atoms with Crippen molar-refractivity contribution in [3.05, 3.63) is 82.9 Å². The van der Waals surface area contributed by atoms with Crippen molar-refractivity contribution in [2.75, 3.05) is 14.1 Å². The minimum Gasteiger partial charge on any atom is -0.341 e. The second-order valence-electron chi connectivity index (χ2n) is 11.2. The van der Waals surface area contributed by atoms with Gasteiger partial charge in [-0.05, 0) is 96.6 Å². The number of carbonyl (C=O) groups is 3. The van der Waals surface area contributed by atoms with Crippen molar-refractivity contribution in [3.63, 3.8) is 0 Å². The summed E-state index contributed by atoms with van der Waals surface area (Å²) in [6, 6.07) is 18.9. The minimum atomic E-state index is -0.892. The fraction of sp³-hybridized carbons (Fsp3) is 0.353. The summed E-state index contributed by atoms with van der Waals surface area (Å²) in [5.74, 6) is -0.844. The van der Waals surface area contributed by atoms with Crippen molar-refractivity contribution in [1.82, 2.24) is 9.47 Å². The van der Waals surface area contributed by atoms with E-state index in [-0.39, 0.29) is 17.3 Å². The van der Waals surface area contributed by atoms with Crippen LogP contribution in [-0.4, -0.2) is 52.3 Å². The predicted octanol–water partition coefficient (Wildman–Crippen LogP) is 6.97. The van der Waals surface area contributed by atoms with Gasteiger partial charge in [0, 0.05) is 45.0 Å². The van der Waals surface area contributed by atoms with Crippen LogP contribution in [0.15, 0.2) is 65.8 Å². The lowest BCUT2D eigenvalue weighted by Crippen LogP contribution is -2.46. The molecule has 0 spiro atoms. The van der Waals surface area contributed by atoms with Gasteiger partial charge in [0.1, 0.15) is 11.3 Å². The molecule has 0 amide bonds. The highest BCUT2D eigenvalue weighted by Crippen LogP contribution is 2.32. The first kappa shape index (κ1) is 29.9. The standard InChI is InChI=1S/C34H39N3O4/c1-8-10-15-28(35-41-33(40)34(4,5)36(6)7)32(39)24-17-19-30-27(21-24)26-20-23(16-18-29(26)37(30)9-2)31(38)25-14-12-11-13-22(25)3/h11-14,16-21H,8-10,15H2,1-7H3. The van der Waals surface area contributed by atoms with Gasteiger partial charge in [-0.25, -0.2) is 4.79 Å². The number of nitrogens with zero attached hydrogens (tertiary/aromatic N) is 3. The zero-order valence-electron chi connectivity index (χ0n) is 25.1. The summed E-state index contributed by atoms with van der Waals surface area (Å²) < 4.78 is 2.18. The maximum absolute atomic E-state index is 13.7. The predicted molar refractivity (Wildman–Crippen MR) is 165 cm³/mol. The van der Waals surface area contributed by atoms with Crippen LogP contribution in [0.25, 0.3) is 21.8 Å².